The fraction of sp³-hybridized carbons (Fsp3) is 0.400. The van der Waals surface area contributed by atoms with Crippen LogP contribution in [0.15, 0.2) is 23.0 Å². The van der Waals surface area contributed by atoms with E-state index in [1.165, 1.54) is 9.13 Å². The molecule has 1 saturated heterocycles. The topological polar surface area (TPSA) is 76.3 Å². The van der Waals surface area contributed by atoms with Crippen LogP contribution < -0.4 is 15.9 Å². The Bertz CT molecular complexity index is 831. The second-order valence-electron chi connectivity index (χ2n) is 5.75. The minimum atomic E-state index is -0.640. The number of nitrogens with one attached hydrogen (secondary N) is 1. The van der Waals surface area contributed by atoms with Crippen molar-refractivity contribution < 1.29 is 9.59 Å². The molecule has 22 heavy (non-hydrogen) atoms. The lowest BCUT2D eigenvalue weighted by Gasteiger charge is -2.22. The van der Waals surface area contributed by atoms with Crippen molar-refractivity contribution in [3.63, 3.8) is 0 Å². The van der Waals surface area contributed by atoms with E-state index in [-0.39, 0.29) is 18.0 Å². The summed E-state index contributed by atoms with van der Waals surface area (Å²) < 4.78 is 3.02. The van der Waals surface area contributed by atoms with Crippen LogP contribution >= 0.6 is 0 Å². The Morgan fingerprint density at radius 1 is 1.18 bits per heavy atom. The van der Waals surface area contributed by atoms with Crippen LogP contribution in [-0.2, 0) is 16.6 Å². The predicted molar refractivity (Wildman–Crippen MR) is 82.9 cm³/mol. The lowest BCUT2D eigenvalue weighted by Crippen LogP contribution is -2.44. The summed E-state index contributed by atoms with van der Waals surface area (Å²) in [6.45, 7) is 0. The average molecular weight is 302 g/mol. The van der Waals surface area contributed by atoms with Gasteiger partial charge in [-0.1, -0.05) is 0 Å². The third-order valence-corrected chi connectivity index (χ3v) is 4.11. The average Bonchev–Trinajstić information content (AvgIpc) is 2.71. The Morgan fingerprint density at radius 2 is 1.91 bits per heavy atom. The molecule has 0 aliphatic carbocycles. The predicted octanol–water partition coefficient (Wildman–Crippen LogP) is 0.384. The summed E-state index contributed by atoms with van der Waals surface area (Å²) in [5, 5.41) is 2.30. The number of benzene rings is 1. The van der Waals surface area contributed by atoms with Crippen LogP contribution in [0.1, 0.15) is 18.9 Å². The molecule has 1 aromatic heterocycles. The van der Waals surface area contributed by atoms with Crippen LogP contribution in [0.3, 0.4) is 0 Å². The van der Waals surface area contributed by atoms with Gasteiger partial charge in [0, 0.05) is 33.3 Å². The summed E-state index contributed by atoms with van der Waals surface area (Å²) in [5.41, 5.74) is 2.19. The van der Waals surface area contributed by atoms with E-state index in [0.29, 0.717) is 11.9 Å². The lowest BCUT2D eigenvalue weighted by molar-refractivity contribution is -0.135. The van der Waals surface area contributed by atoms with Crippen molar-refractivity contribution in [3.8, 4) is 0 Å². The zero-order valence-electron chi connectivity index (χ0n) is 12.8. The smallest absolute Gasteiger partial charge is 0.329 e. The molecule has 1 N–H and O–H groups in total. The molecule has 0 radical (unpaired) electrons. The number of imide groups is 1. The van der Waals surface area contributed by atoms with E-state index in [9.17, 15) is 14.4 Å². The summed E-state index contributed by atoms with van der Waals surface area (Å²) in [6.07, 6.45) is 0.591. The number of piperidine rings is 1. The molecule has 1 fully saturated rings. The van der Waals surface area contributed by atoms with Gasteiger partial charge >= 0.3 is 5.69 Å². The number of hydrogen-bond acceptors (Lipinski definition) is 4. The van der Waals surface area contributed by atoms with E-state index in [0.717, 1.165) is 11.2 Å². The first kappa shape index (κ1) is 14.4. The van der Waals surface area contributed by atoms with E-state index in [4.69, 9.17) is 0 Å². The molecule has 116 valence electrons. The molecular formula is C15H18N4O3. The number of anilines is 1. The second kappa shape index (κ2) is 5.01. The van der Waals surface area contributed by atoms with Crippen LogP contribution in [0, 0.1) is 0 Å². The Labute approximate surface area is 127 Å². The van der Waals surface area contributed by atoms with Crippen molar-refractivity contribution in [1.29, 1.82) is 0 Å². The van der Waals surface area contributed by atoms with Gasteiger partial charge in [0.1, 0.15) is 6.04 Å². The third-order valence-electron chi connectivity index (χ3n) is 4.11. The summed E-state index contributed by atoms with van der Waals surface area (Å²) in [7, 11) is 5.54. The van der Waals surface area contributed by atoms with Gasteiger partial charge in [-0.05, 0) is 24.6 Å². The Balaban J connectivity index is 2.18. The van der Waals surface area contributed by atoms with Gasteiger partial charge in [-0.2, -0.15) is 0 Å². The van der Waals surface area contributed by atoms with Crippen LogP contribution in [0.2, 0.25) is 0 Å². The number of fused-ring (bicyclic) bond motifs is 1. The van der Waals surface area contributed by atoms with Crippen LogP contribution in [0.25, 0.3) is 11.0 Å². The first-order chi connectivity index (χ1) is 10.4. The number of aromatic nitrogens is 2. The van der Waals surface area contributed by atoms with Gasteiger partial charge in [-0.3, -0.25) is 24.0 Å². The number of nitrogens with zero attached hydrogens (tertiary/aromatic N) is 3. The number of carbonyl (C=O) groups is 2. The van der Waals surface area contributed by atoms with Crippen molar-refractivity contribution in [2.24, 2.45) is 7.05 Å². The highest BCUT2D eigenvalue weighted by Crippen LogP contribution is 2.25. The highest BCUT2D eigenvalue weighted by atomic mass is 16.2. The number of rotatable bonds is 2. The Morgan fingerprint density at radius 3 is 2.55 bits per heavy atom. The molecule has 0 bridgehead atoms. The molecule has 1 aliphatic rings. The standard InChI is InChI=1S/C15H18N4O3/c1-17(2)9-4-5-10-12(8-9)18(3)15(22)19(10)11-6-7-13(20)16-14(11)21/h4-5,8,11H,6-7H2,1-3H3,(H,16,20,21). The van der Waals surface area contributed by atoms with E-state index in [1.54, 1.807) is 7.05 Å². The molecular weight excluding hydrogens is 284 g/mol. The van der Waals surface area contributed by atoms with E-state index in [1.807, 2.05) is 37.2 Å². The van der Waals surface area contributed by atoms with Crippen molar-refractivity contribution in [3.05, 3.63) is 28.7 Å². The first-order valence-electron chi connectivity index (χ1n) is 7.12. The molecule has 2 aromatic rings. The molecule has 2 amide bonds. The molecule has 2 heterocycles. The fourth-order valence-corrected chi connectivity index (χ4v) is 2.86. The van der Waals surface area contributed by atoms with Gasteiger partial charge in [0.05, 0.1) is 11.0 Å². The van der Waals surface area contributed by atoms with Gasteiger partial charge < -0.3 is 4.90 Å². The van der Waals surface area contributed by atoms with E-state index in [2.05, 4.69) is 5.32 Å². The monoisotopic (exact) mass is 302 g/mol. The van der Waals surface area contributed by atoms with E-state index >= 15 is 0 Å². The third kappa shape index (κ3) is 2.09. The Hall–Kier alpha value is -2.57. The van der Waals surface area contributed by atoms with Crippen molar-refractivity contribution in [2.75, 3.05) is 19.0 Å². The van der Waals surface area contributed by atoms with Gasteiger partial charge in [0.15, 0.2) is 0 Å². The van der Waals surface area contributed by atoms with Crippen LogP contribution in [0.5, 0.6) is 0 Å². The Kier molecular flexibility index (Phi) is 3.27. The number of hydrogen-bond donors (Lipinski definition) is 1. The van der Waals surface area contributed by atoms with Crippen molar-refractivity contribution >= 4 is 28.5 Å². The van der Waals surface area contributed by atoms with Gasteiger partial charge in [0.2, 0.25) is 11.8 Å². The minimum absolute atomic E-state index is 0.245. The summed E-state index contributed by atoms with van der Waals surface area (Å²) >= 11 is 0. The molecule has 3 rings (SSSR count). The number of aryl methyl sites for hydroxylation is 1. The molecule has 7 heteroatoms. The van der Waals surface area contributed by atoms with Crippen LogP contribution in [0.4, 0.5) is 5.69 Å². The highest BCUT2D eigenvalue weighted by molar-refractivity contribution is 6.00. The molecule has 1 aromatic carbocycles. The maximum atomic E-state index is 12.5. The van der Waals surface area contributed by atoms with Gasteiger partial charge in [0.25, 0.3) is 0 Å². The van der Waals surface area contributed by atoms with Crippen molar-refractivity contribution in [2.45, 2.75) is 18.9 Å². The molecule has 0 saturated carbocycles. The first-order valence-corrected chi connectivity index (χ1v) is 7.12. The largest absolute Gasteiger partial charge is 0.378 e. The summed E-state index contributed by atoms with van der Waals surface area (Å²) in [5.74, 6) is -0.702. The number of imidazole rings is 1. The zero-order valence-corrected chi connectivity index (χ0v) is 12.8. The minimum Gasteiger partial charge on any atom is -0.378 e. The maximum absolute atomic E-state index is 12.5. The molecule has 1 unspecified atom stereocenters. The highest BCUT2D eigenvalue weighted by Gasteiger charge is 2.31. The lowest BCUT2D eigenvalue weighted by atomic mass is 10.1. The van der Waals surface area contributed by atoms with Gasteiger partial charge in [-0.25, -0.2) is 4.79 Å². The molecule has 7 nitrogen and oxygen atoms in total. The van der Waals surface area contributed by atoms with E-state index < -0.39 is 11.9 Å². The van der Waals surface area contributed by atoms with Gasteiger partial charge in [-0.15, -0.1) is 0 Å². The quantitative estimate of drug-likeness (QED) is 0.814. The zero-order chi connectivity index (χ0) is 16.0. The second-order valence-corrected chi connectivity index (χ2v) is 5.75. The molecule has 0 spiro atoms. The maximum Gasteiger partial charge on any atom is 0.329 e. The number of carbonyl (C=O) groups excluding carboxylic acids is 2. The fourth-order valence-electron chi connectivity index (χ4n) is 2.86. The number of amides is 2. The summed E-state index contributed by atoms with van der Waals surface area (Å²) in [6, 6.07) is 5.03. The molecule has 1 aliphatic heterocycles. The van der Waals surface area contributed by atoms with Crippen molar-refractivity contribution in [1.82, 2.24) is 14.5 Å². The SMILES string of the molecule is CN(C)c1ccc2c(c1)n(C)c(=O)n2C1CCC(=O)NC1=O. The molecule has 1 atom stereocenters. The summed E-state index contributed by atoms with van der Waals surface area (Å²) in [4.78, 5) is 37.9. The normalized spacial score (nSPS) is 18.6. The van der Waals surface area contributed by atoms with Crippen LogP contribution in [-0.4, -0.2) is 35.0 Å².